The van der Waals surface area contributed by atoms with Crippen LogP contribution in [0.15, 0.2) is 90.5 Å². The minimum Gasteiger partial charge on any atom is -0.314 e. The van der Waals surface area contributed by atoms with E-state index in [1.54, 1.807) is 24.1 Å². The summed E-state index contributed by atoms with van der Waals surface area (Å²) in [7, 11) is 1.77. The third-order valence-electron chi connectivity index (χ3n) is 7.76. The van der Waals surface area contributed by atoms with Gasteiger partial charge in [-0.25, -0.2) is 0 Å². The molecule has 4 heteroatoms. The van der Waals surface area contributed by atoms with E-state index in [1.807, 2.05) is 78.9 Å². The first-order valence-electron chi connectivity index (χ1n) is 11.3. The van der Waals surface area contributed by atoms with Gasteiger partial charge in [0.1, 0.15) is 0 Å². The molecule has 1 heterocycles. The molecule has 2 aliphatic carbocycles. The molecule has 2 fully saturated rings. The zero-order chi connectivity index (χ0) is 22.7. The van der Waals surface area contributed by atoms with Crippen LogP contribution in [0, 0.1) is 17.8 Å². The predicted molar refractivity (Wildman–Crippen MR) is 127 cm³/mol. The number of carbonyl (C=O) groups excluding carboxylic acids is 3. The van der Waals surface area contributed by atoms with Gasteiger partial charge in [-0.1, -0.05) is 78.9 Å². The quantitative estimate of drug-likeness (QED) is 0.444. The lowest BCUT2D eigenvalue weighted by Gasteiger charge is -2.39. The Bertz CT molecular complexity index is 1330. The monoisotopic (exact) mass is 433 g/mol. The van der Waals surface area contributed by atoms with Crippen LogP contribution in [0.25, 0.3) is 6.08 Å². The summed E-state index contributed by atoms with van der Waals surface area (Å²) in [6.07, 6.45) is 2.45. The van der Waals surface area contributed by atoms with Gasteiger partial charge in [0.25, 0.3) is 0 Å². The van der Waals surface area contributed by atoms with Crippen LogP contribution in [-0.4, -0.2) is 24.5 Å². The molecule has 2 bridgehead atoms. The lowest BCUT2D eigenvalue weighted by atomic mass is 9.59. The summed E-state index contributed by atoms with van der Waals surface area (Å²) in [6.45, 7) is 0. The first kappa shape index (κ1) is 19.9. The summed E-state index contributed by atoms with van der Waals surface area (Å²) in [5.41, 5.74) is 2.79. The van der Waals surface area contributed by atoms with Crippen molar-refractivity contribution in [2.24, 2.45) is 17.8 Å². The number of carbonyl (C=O) groups is 3. The van der Waals surface area contributed by atoms with Gasteiger partial charge >= 0.3 is 0 Å². The molecular weight excluding hydrogens is 410 g/mol. The molecule has 3 aromatic rings. The number of Topliss-reactive ketones (excluding diaryl/α,β-unsaturated/α-hetero) is 2. The van der Waals surface area contributed by atoms with E-state index < -0.39 is 17.3 Å². The SMILES string of the molecule is CN1C(=O)[C@@]2(c3ccccc31)[C@H](C(=O)c1ccccc1)[C@@H]1C[C@H]2/C(=C\c2ccccc2)C1=O. The maximum Gasteiger partial charge on any atom is 0.238 e. The van der Waals surface area contributed by atoms with Gasteiger partial charge in [-0.2, -0.15) is 0 Å². The second-order valence-electron chi connectivity index (χ2n) is 9.23. The Morgan fingerprint density at radius 1 is 0.909 bits per heavy atom. The van der Waals surface area contributed by atoms with Crippen LogP contribution in [-0.2, 0) is 15.0 Å². The first-order chi connectivity index (χ1) is 16.0. The Morgan fingerprint density at radius 3 is 2.27 bits per heavy atom. The Kier molecular flexibility index (Phi) is 4.28. The third-order valence-corrected chi connectivity index (χ3v) is 7.76. The zero-order valence-electron chi connectivity index (χ0n) is 18.3. The molecule has 2 saturated carbocycles. The summed E-state index contributed by atoms with van der Waals surface area (Å²) in [5.74, 6) is -1.73. The van der Waals surface area contributed by atoms with Crippen LogP contribution < -0.4 is 4.90 Å². The van der Waals surface area contributed by atoms with Crippen molar-refractivity contribution in [2.45, 2.75) is 11.8 Å². The van der Waals surface area contributed by atoms with E-state index >= 15 is 0 Å². The standard InChI is InChI=1S/C29H23NO3/c1-30-24-15-9-8-14-22(24)29(28(30)33)23-17-21(25(29)26(31)19-12-6-3-7-13-19)27(32)20(23)16-18-10-4-2-5-11-18/h2-16,21,23,25H,17H2,1H3/b20-16+/t21-,23-,25-,29+/m0/s1. The van der Waals surface area contributed by atoms with Crippen LogP contribution in [0.5, 0.6) is 0 Å². The molecule has 3 aromatic carbocycles. The molecule has 6 rings (SSSR count). The highest BCUT2D eigenvalue weighted by atomic mass is 16.2. The maximum absolute atomic E-state index is 14.1. The van der Waals surface area contributed by atoms with Gasteiger partial charge < -0.3 is 4.90 Å². The van der Waals surface area contributed by atoms with Gasteiger partial charge in [0, 0.05) is 35.7 Å². The fraction of sp³-hybridized carbons (Fsp3) is 0.207. The van der Waals surface area contributed by atoms with Gasteiger partial charge in [0.15, 0.2) is 11.6 Å². The number of likely N-dealkylation sites (N-methyl/N-ethyl adjacent to an activating group) is 1. The Hall–Kier alpha value is -3.79. The van der Waals surface area contributed by atoms with E-state index in [0.29, 0.717) is 17.6 Å². The zero-order valence-corrected chi connectivity index (χ0v) is 18.3. The van der Waals surface area contributed by atoms with Crippen LogP contribution >= 0.6 is 0 Å². The predicted octanol–water partition coefficient (Wildman–Crippen LogP) is 4.70. The van der Waals surface area contributed by atoms with Crippen LogP contribution in [0.3, 0.4) is 0 Å². The Labute approximate surface area is 192 Å². The maximum atomic E-state index is 14.1. The number of hydrogen-bond donors (Lipinski definition) is 0. The molecule has 4 nitrogen and oxygen atoms in total. The molecule has 3 aliphatic rings. The first-order valence-corrected chi connectivity index (χ1v) is 11.3. The van der Waals surface area contributed by atoms with Crippen molar-refractivity contribution in [3.05, 3.63) is 107 Å². The summed E-state index contributed by atoms with van der Waals surface area (Å²) in [6, 6.07) is 26.5. The molecule has 4 atom stereocenters. The second kappa shape index (κ2) is 7.11. The molecule has 0 N–H and O–H groups in total. The highest BCUT2D eigenvalue weighted by Crippen LogP contribution is 2.66. The van der Waals surface area contributed by atoms with Gasteiger partial charge in [-0.15, -0.1) is 0 Å². The van der Waals surface area contributed by atoms with E-state index in [4.69, 9.17) is 0 Å². The number of benzene rings is 3. The number of amides is 1. The van der Waals surface area contributed by atoms with Gasteiger partial charge in [-0.3, -0.25) is 14.4 Å². The van der Waals surface area contributed by atoms with Crippen molar-refractivity contribution in [1.29, 1.82) is 0 Å². The van der Waals surface area contributed by atoms with Crippen molar-refractivity contribution < 1.29 is 14.4 Å². The highest BCUT2D eigenvalue weighted by molar-refractivity contribution is 6.20. The molecule has 0 radical (unpaired) electrons. The number of rotatable bonds is 3. The Morgan fingerprint density at radius 2 is 1.55 bits per heavy atom. The highest BCUT2D eigenvalue weighted by Gasteiger charge is 2.72. The minimum atomic E-state index is -1.06. The molecule has 0 unspecified atom stereocenters. The van der Waals surface area contributed by atoms with Gasteiger partial charge in [0.2, 0.25) is 5.91 Å². The van der Waals surface area contributed by atoms with Gasteiger partial charge in [0.05, 0.1) is 11.3 Å². The van der Waals surface area contributed by atoms with Crippen molar-refractivity contribution in [2.75, 3.05) is 11.9 Å². The molecule has 162 valence electrons. The summed E-state index contributed by atoms with van der Waals surface area (Å²) < 4.78 is 0. The average Bonchev–Trinajstić information content (AvgIpc) is 3.44. The fourth-order valence-corrected chi connectivity index (χ4v) is 6.45. The number of para-hydroxylation sites is 1. The topological polar surface area (TPSA) is 54.5 Å². The van der Waals surface area contributed by atoms with Crippen molar-refractivity contribution >= 4 is 29.2 Å². The molecule has 0 aromatic heterocycles. The average molecular weight is 434 g/mol. The molecule has 1 amide bonds. The number of nitrogens with zero attached hydrogens (tertiary/aromatic N) is 1. The number of hydrogen-bond acceptors (Lipinski definition) is 3. The molecular formula is C29H23NO3. The van der Waals surface area contributed by atoms with E-state index in [2.05, 4.69) is 0 Å². The van der Waals surface area contributed by atoms with E-state index in [9.17, 15) is 14.4 Å². The van der Waals surface area contributed by atoms with Crippen LogP contribution in [0.1, 0.15) is 27.9 Å². The lowest BCUT2D eigenvalue weighted by molar-refractivity contribution is -0.127. The van der Waals surface area contributed by atoms with E-state index in [0.717, 1.165) is 16.8 Å². The number of fused-ring (bicyclic) bond motifs is 5. The molecule has 0 saturated heterocycles. The number of anilines is 1. The molecule has 33 heavy (non-hydrogen) atoms. The lowest BCUT2D eigenvalue weighted by Crippen LogP contribution is -2.53. The summed E-state index contributed by atoms with van der Waals surface area (Å²) in [4.78, 5) is 43.3. The van der Waals surface area contributed by atoms with Gasteiger partial charge in [-0.05, 0) is 29.7 Å². The fourth-order valence-electron chi connectivity index (χ4n) is 6.45. The third kappa shape index (κ3) is 2.55. The summed E-state index contributed by atoms with van der Waals surface area (Å²) in [5, 5.41) is 0. The van der Waals surface area contributed by atoms with Crippen LogP contribution in [0.2, 0.25) is 0 Å². The van der Waals surface area contributed by atoms with E-state index in [-0.39, 0.29) is 23.4 Å². The largest absolute Gasteiger partial charge is 0.314 e. The van der Waals surface area contributed by atoms with Crippen molar-refractivity contribution in [3.8, 4) is 0 Å². The molecule has 1 aliphatic heterocycles. The minimum absolute atomic E-state index is 0.00333. The second-order valence-corrected chi connectivity index (χ2v) is 9.23. The number of ketones is 2. The van der Waals surface area contributed by atoms with Crippen molar-refractivity contribution in [3.63, 3.8) is 0 Å². The van der Waals surface area contributed by atoms with E-state index in [1.165, 1.54) is 0 Å². The van der Waals surface area contributed by atoms with Crippen molar-refractivity contribution in [1.82, 2.24) is 0 Å². The summed E-state index contributed by atoms with van der Waals surface area (Å²) >= 11 is 0. The number of allylic oxidation sites excluding steroid dienone is 1. The van der Waals surface area contributed by atoms with Crippen LogP contribution in [0.4, 0.5) is 5.69 Å². The Balaban J connectivity index is 1.59. The normalized spacial score (nSPS) is 28.7. The smallest absolute Gasteiger partial charge is 0.238 e. The molecule has 1 spiro atoms.